The summed E-state index contributed by atoms with van der Waals surface area (Å²) in [6.45, 7) is 1.17. The maximum atomic E-state index is 14.2. The van der Waals surface area contributed by atoms with Crippen LogP contribution in [0.4, 0.5) is 18.9 Å². The zero-order valence-corrected chi connectivity index (χ0v) is 22.4. The van der Waals surface area contributed by atoms with Crippen molar-refractivity contribution < 1.29 is 22.8 Å². The number of anilines is 1. The molecule has 3 aliphatic rings. The average molecular weight is 630 g/mol. The average Bonchev–Trinajstić information content (AvgIpc) is 3.44. The van der Waals surface area contributed by atoms with Crippen LogP contribution in [0.15, 0.2) is 39.5 Å². The fraction of sp³-hybridized carbons (Fsp3) is 0.480. The molecule has 36 heavy (non-hydrogen) atoms. The highest BCUT2D eigenvalue weighted by atomic mass is 79.9. The van der Waals surface area contributed by atoms with Gasteiger partial charge in [-0.05, 0) is 65.2 Å². The SMILES string of the molecule is O=C(N[C@H]1CCCC[C@H]1Nc1c(C(=O)N2CC3CC3C2)cc(Br)cc1C(F)(F)F)c1cncc(Br)c1. The molecule has 1 saturated heterocycles. The van der Waals surface area contributed by atoms with E-state index in [-0.39, 0.29) is 21.6 Å². The third-order valence-corrected chi connectivity index (χ3v) is 8.18. The summed E-state index contributed by atoms with van der Waals surface area (Å²) in [6.07, 6.45) is 2.25. The van der Waals surface area contributed by atoms with E-state index in [9.17, 15) is 22.8 Å². The number of carbonyl (C=O) groups excluding carboxylic acids is 2. The Labute approximate surface area is 223 Å². The first-order valence-corrected chi connectivity index (χ1v) is 13.6. The minimum atomic E-state index is -4.66. The van der Waals surface area contributed by atoms with Gasteiger partial charge in [-0.3, -0.25) is 14.6 Å². The number of hydrogen-bond acceptors (Lipinski definition) is 4. The summed E-state index contributed by atoms with van der Waals surface area (Å²) in [4.78, 5) is 31.9. The van der Waals surface area contributed by atoms with Crippen molar-refractivity contribution in [1.82, 2.24) is 15.2 Å². The molecule has 2 aliphatic carbocycles. The van der Waals surface area contributed by atoms with E-state index in [1.165, 1.54) is 12.3 Å². The molecule has 5 rings (SSSR count). The fourth-order valence-corrected chi connectivity index (χ4v) is 6.16. The standard InChI is InChI=1S/C25H25Br2F3N4O2/c26-16-7-18(24(36)34-11-14-5-15(14)12-34)22(19(8-16)25(28,29)30)32-20-3-1-2-4-21(20)33-23(35)13-6-17(27)10-31-9-13/h6-10,14-15,20-21,32H,1-5,11-12H2,(H,33,35)/t14?,15?,20-,21+/m1/s1. The topological polar surface area (TPSA) is 74.3 Å². The zero-order valence-electron chi connectivity index (χ0n) is 19.2. The van der Waals surface area contributed by atoms with Gasteiger partial charge in [0.1, 0.15) is 0 Å². The molecule has 2 saturated carbocycles. The number of halogens is 5. The van der Waals surface area contributed by atoms with E-state index in [4.69, 9.17) is 0 Å². The van der Waals surface area contributed by atoms with Crippen molar-refractivity contribution >= 4 is 49.4 Å². The first-order chi connectivity index (χ1) is 17.1. The van der Waals surface area contributed by atoms with Crippen LogP contribution in [0.3, 0.4) is 0 Å². The van der Waals surface area contributed by atoms with Crippen LogP contribution in [-0.2, 0) is 6.18 Å². The molecule has 0 bridgehead atoms. The van der Waals surface area contributed by atoms with Gasteiger partial charge >= 0.3 is 6.18 Å². The molecule has 2 amide bonds. The Hall–Kier alpha value is -2.14. The Morgan fingerprint density at radius 3 is 2.33 bits per heavy atom. The molecule has 4 atom stereocenters. The molecule has 11 heteroatoms. The van der Waals surface area contributed by atoms with Gasteiger partial charge in [-0.2, -0.15) is 13.2 Å². The maximum absolute atomic E-state index is 14.2. The quantitative estimate of drug-likeness (QED) is 0.434. The van der Waals surface area contributed by atoms with Crippen LogP contribution in [0.1, 0.15) is 58.4 Å². The van der Waals surface area contributed by atoms with Gasteiger partial charge in [0.2, 0.25) is 0 Å². The molecular formula is C25H25Br2F3N4O2. The number of pyridine rings is 1. The van der Waals surface area contributed by atoms with E-state index in [2.05, 4.69) is 47.5 Å². The van der Waals surface area contributed by atoms with Gasteiger partial charge in [0.15, 0.2) is 0 Å². The van der Waals surface area contributed by atoms with Gasteiger partial charge in [0.25, 0.3) is 11.8 Å². The Morgan fingerprint density at radius 2 is 1.67 bits per heavy atom. The number of fused-ring (bicyclic) bond motifs is 1. The lowest BCUT2D eigenvalue weighted by atomic mass is 9.89. The van der Waals surface area contributed by atoms with Gasteiger partial charge in [0.05, 0.1) is 22.4 Å². The number of piperidine rings is 1. The number of nitrogens with zero attached hydrogens (tertiary/aromatic N) is 2. The van der Waals surface area contributed by atoms with Crippen LogP contribution in [0, 0.1) is 11.8 Å². The molecule has 1 aromatic heterocycles. The van der Waals surface area contributed by atoms with E-state index in [0.29, 0.717) is 47.8 Å². The van der Waals surface area contributed by atoms with Crippen molar-refractivity contribution in [2.24, 2.45) is 11.8 Å². The highest BCUT2D eigenvalue weighted by molar-refractivity contribution is 9.10. The lowest BCUT2D eigenvalue weighted by Crippen LogP contribution is -2.49. The molecule has 2 aromatic rings. The summed E-state index contributed by atoms with van der Waals surface area (Å²) >= 11 is 6.47. The number of rotatable bonds is 5. The summed E-state index contributed by atoms with van der Waals surface area (Å²) in [7, 11) is 0. The number of carbonyl (C=O) groups is 2. The number of nitrogens with one attached hydrogen (secondary N) is 2. The molecule has 1 aliphatic heterocycles. The molecule has 192 valence electrons. The van der Waals surface area contributed by atoms with Crippen molar-refractivity contribution in [3.63, 3.8) is 0 Å². The molecule has 2 unspecified atom stereocenters. The maximum Gasteiger partial charge on any atom is 0.418 e. The second kappa shape index (κ2) is 9.96. The van der Waals surface area contributed by atoms with E-state index < -0.39 is 29.7 Å². The lowest BCUT2D eigenvalue weighted by Gasteiger charge is -2.35. The molecule has 0 radical (unpaired) electrons. The number of amides is 2. The van der Waals surface area contributed by atoms with Gasteiger partial charge in [-0.25, -0.2) is 0 Å². The number of benzene rings is 1. The highest BCUT2D eigenvalue weighted by Crippen LogP contribution is 2.46. The number of hydrogen-bond donors (Lipinski definition) is 2. The number of alkyl halides is 3. The van der Waals surface area contributed by atoms with Crippen molar-refractivity contribution in [3.8, 4) is 0 Å². The van der Waals surface area contributed by atoms with Gasteiger partial charge in [0, 0.05) is 46.5 Å². The molecule has 1 aromatic carbocycles. The summed E-state index contributed by atoms with van der Waals surface area (Å²) in [5.41, 5.74) is -0.746. The first kappa shape index (κ1) is 25.5. The minimum Gasteiger partial charge on any atom is -0.379 e. The largest absolute Gasteiger partial charge is 0.418 e. The smallest absolute Gasteiger partial charge is 0.379 e. The van der Waals surface area contributed by atoms with Crippen LogP contribution in [-0.4, -0.2) is 46.9 Å². The van der Waals surface area contributed by atoms with E-state index in [1.807, 2.05) is 0 Å². The van der Waals surface area contributed by atoms with E-state index in [0.717, 1.165) is 25.3 Å². The predicted molar refractivity (Wildman–Crippen MR) is 136 cm³/mol. The Kier molecular flexibility index (Phi) is 7.06. The normalized spacial score (nSPS) is 25.3. The summed E-state index contributed by atoms with van der Waals surface area (Å²) < 4.78 is 43.4. The van der Waals surface area contributed by atoms with E-state index in [1.54, 1.807) is 17.2 Å². The Balaban J connectivity index is 1.44. The lowest BCUT2D eigenvalue weighted by molar-refractivity contribution is -0.137. The molecule has 6 nitrogen and oxygen atoms in total. The third kappa shape index (κ3) is 5.41. The minimum absolute atomic E-state index is 0.00448. The number of likely N-dealkylation sites (tertiary alicyclic amines) is 1. The molecule has 2 N–H and O–H groups in total. The highest BCUT2D eigenvalue weighted by Gasteiger charge is 2.47. The Morgan fingerprint density at radius 1 is 0.972 bits per heavy atom. The molecule has 2 heterocycles. The fourth-order valence-electron chi connectivity index (χ4n) is 5.34. The summed E-state index contributed by atoms with van der Waals surface area (Å²) in [5.74, 6) is 0.185. The molecule has 3 fully saturated rings. The number of aromatic nitrogens is 1. The third-order valence-electron chi connectivity index (χ3n) is 7.28. The summed E-state index contributed by atoms with van der Waals surface area (Å²) in [5, 5.41) is 6.04. The molecule has 0 spiro atoms. The van der Waals surface area contributed by atoms with Crippen molar-refractivity contribution in [3.05, 3.63) is 56.2 Å². The van der Waals surface area contributed by atoms with Crippen molar-refractivity contribution in [1.29, 1.82) is 0 Å². The van der Waals surface area contributed by atoms with Crippen LogP contribution >= 0.6 is 31.9 Å². The first-order valence-electron chi connectivity index (χ1n) is 12.0. The second-order valence-corrected chi connectivity index (χ2v) is 11.7. The van der Waals surface area contributed by atoms with E-state index >= 15 is 0 Å². The van der Waals surface area contributed by atoms with Crippen LogP contribution in [0.25, 0.3) is 0 Å². The van der Waals surface area contributed by atoms with Crippen LogP contribution in [0.2, 0.25) is 0 Å². The van der Waals surface area contributed by atoms with Crippen LogP contribution in [0.5, 0.6) is 0 Å². The predicted octanol–water partition coefficient (Wildman–Crippen LogP) is 5.87. The summed E-state index contributed by atoms with van der Waals surface area (Å²) in [6, 6.07) is 3.24. The van der Waals surface area contributed by atoms with Gasteiger partial charge in [-0.1, -0.05) is 28.8 Å². The van der Waals surface area contributed by atoms with Crippen molar-refractivity contribution in [2.75, 3.05) is 18.4 Å². The zero-order chi connectivity index (χ0) is 25.6. The second-order valence-electron chi connectivity index (χ2n) is 9.85. The van der Waals surface area contributed by atoms with Gasteiger partial charge < -0.3 is 15.5 Å². The van der Waals surface area contributed by atoms with Gasteiger partial charge in [-0.15, -0.1) is 0 Å². The Bertz CT molecular complexity index is 1180. The van der Waals surface area contributed by atoms with Crippen LogP contribution < -0.4 is 10.6 Å². The van der Waals surface area contributed by atoms with Crippen molar-refractivity contribution in [2.45, 2.75) is 50.4 Å². The molecular weight excluding hydrogens is 605 g/mol. The monoisotopic (exact) mass is 628 g/mol.